The molecule has 2 N–H and O–H groups in total. The van der Waals surface area contributed by atoms with Crippen LogP contribution >= 0.6 is 0 Å². The van der Waals surface area contributed by atoms with E-state index in [4.69, 9.17) is 5.11 Å². The van der Waals surface area contributed by atoms with Crippen molar-refractivity contribution in [1.29, 1.82) is 0 Å². The van der Waals surface area contributed by atoms with Gasteiger partial charge in [0.25, 0.3) is 0 Å². The van der Waals surface area contributed by atoms with Gasteiger partial charge in [-0.25, -0.2) is 8.42 Å². The average molecular weight is 269 g/mol. The third kappa shape index (κ3) is 3.54. The molecule has 0 amide bonds. The Hall–Kier alpha value is -1.40. The fraction of sp³-hybridized carbons (Fsp3) is 0.417. The summed E-state index contributed by atoms with van der Waals surface area (Å²) in [6, 6.07) is 7.09. The van der Waals surface area contributed by atoms with Crippen LogP contribution in [0.4, 0.5) is 0 Å². The Kier molecular flexibility index (Phi) is 3.68. The summed E-state index contributed by atoms with van der Waals surface area (Å²) in [5, 5.41) is 9.11. The highest BCUT2D eigenvalue weighted by atomic mass is 32.2. The number of carbonyl (C=O) groups is 1. The molecule has 6 heteroatoms. The van der Waals surface area contributed by atoms with Gasteiger partial charge >= 0.3 is 5.97 Å². The molecule has 0 heterocycles. The van der Waals surface area contributed by atoms with Crippen LogP contribution in [-0.4, -0.2) is 25.2 Å². The molecule has 0 unspecified atom stereocenters. The molecule has 0 bridgehead atoms. The Balaban J connectivity index is 2.14. The number of sulfonamides is 1. The number of nitrogens with one attached hydrogen (secondary N) is 1. The lowest BCUT2D eigenvalue weighted by molar-refractivity contribution is -0.139. The van der Waals surface area contributed by atoms with Gasteiger partial charge in [-0.15, -0.1) is 0 Å². The van der Waals surface area contributed by atoms with Crippen molar-refractivity contribution in [3.8, 4) is 0 Å². The van der Waals surface area contributed by atoms with Gasteiger partial charge in [-0.3, -0.25) is 4.79 Å². The van der Waals surface area contributed by atoms with Crippen LogP contribution in [0.1, 0.15) is 24.4 Å². The maximum Gasteiger partial charge on any atom is 0.326 e. The highest BCUT2D eigenvalue weighted by Crippen LogP contribution is 2.30. The van der Waals surface area contributed by atoms with Crippen molar-refractivity contribution in [3.63, 3.8) is 0 Å². The Labute approximate surface area is 106 Å². The molecule has 0 spiro atoms. The van der Waals surface area contributed by atoms with Crippen LogP contribution in [-0.2, 0) is 14.8 Å². The van der Waals surface area contributed by atoms with E-state index in [-0.39, 0.29) is 11.7 Å². The molecule has 1 aromatic carbocycles. The fourth-order valence-corrected chi connectivity index (χ4v) is 3.38. The molecule has 98 valence electrons. The van der Waals surface area contributed by atoms with Crippen molar-refractivity contribution in [1.82, 2.24) is 4.72 Å². The Morgan fingerprint density at radius 1 is 1.33 bits per heavy atom. The van der Waals surface area contributed by atoms with E-state index < -0.39 is 22.0 Å². The van der Waals surface area contributed by atoms with E-state index in [1.54, 1.807) is 30.3 Å². The molecule has 1 fully saturated rings. The number of rotatable bonds is 6. The van der Waals surface area contributed by atoms with E-state index in [2.05, 4.69) is 4.72 Å². The highest BCUT2D eigenvalue weighted by molar-refractivity contribution is 7.89. The van der Waals surface area contributed by atoms with Crippen molar-refractivity contribution in [2.24, 2.45) is 5.92 Å². The zero-order valence-corrected chi connectivity index (χ0v) is 10.6. The summed E-state index contributed by atoms with van der Waals surface area (Å²) in [6.07, 6.45) is 1.81. The third-order valence-electron chi connectivity index (χ3n) is 2.83. The first-order valence-electron chi connectivity index (χ1n) is 5.76. The van der Waals surface area contributed by atoms with E-state index in [9.17, 15) is 13.2 Å². The average Bonchev–Trinajstić information content (AvgIpc) is 3.10. The van der Waals surface area contributed by atoms with Gasteiger partial charge in [-0.05, 0) is 24.3 Å². The van der Waals surface area contributed by atoms with Crippen LogP contribution in [0.15, 0.2) is 30.3 Å². The van der Waals surface area contributed by atoms with E-state index in [1.807, 2.05) is 0 Å². The monoisotopic (exact) mass is 269 g/mol. The van der Waals surface area contributed by atoms with Crippen molar-refractivity contribution in [2.75, 3.05) is 5.75 Å². The van der Waals surface area contributed by atoms with E-state index in [0.29, 0.717) is 5.56 Å². The lowest BCUT2D eigenvalue weighted by Crippen LogP contribution is -2.35. The summed E-state index contributed by atoms with van der Waals surface area (Å²) in [6.45, 7) is 0. The van der Waals surface area contributed by atoms with Gasteiger partial charge in [0.1, 0.15) is 6.04 Å². The molecule has 0 aromatic heterocycles. The molecule has 1 aromatic rings. The number of carboxylic acids is 1. The number of hydrogen-bond donors (Lipinski definition) is 2. The predicted molar refractivity (Wildman–Crippen MR) is 66.5 cm³/mol. The molecule has 0 saturated heterocycles. The molecule has 1 saturated carbocycles. The molecule has 1 atom stereocenters. The van der Waals surface area contributed by atoms with Crippen LogP contribution in [0, 0.1) is 5.92 Å². The molecule has 2 rings (SSSR count). The second-order valence-electron chi connectivity index (χ2n) is 4.52. The normalized spacial score (nSPS) is 17.3. The summed E-state index contributed by atoms with van der Waals surface area (Å²) < 4.78 is 25.8. The number of benzene rings is 1. The van der Waals surface area contributed by atoms with Crippen LogP contribution in [0.25, 0.3) is 0 Å². The Bertz CT molecular complexity index is 522. The van der Waals surface area contributed by atoms with Crippen molar-refractivity contribution < 1.29 is 18.3 Å². The SMILES string of the molecule is O=C(O)[C@H](NS(=O)(=O)CC1CC1)c1ccccc1. The molecule has 18 heavy (non-hydrogen) atoms. The predicted octanol–water partition coefficient (Wildman–Crippen LogP) is 1.14. The summed E-state index contributed by atoms with van der Waals surface area (Å²) in [4.78, 5) is 11.2. The number of hydrogen-bond acceptors (Lipinski definition) is 3. The first-order valence-corrected chi connectivity index (χ1v) is 7.41. The maximum atomic E-state index is 11.8. The van der Waals surface area contributed by atoms with E-state index in [0.717, 1.165) is 12.8 Å². The van der Waals surface area contributed by atoms with Gasteiger partial charge in [-0.2, -0.15) is 4.72 Å². The topological polar surface area (TPSA) is 83.5 Å². The van der Waals surface area contributed by atoms with Gasteiger partial charge in [0.15, 0.2) is 0 Å². The van der Waals surface area contributed by atoms with Gasteiger partial charge < -0.3 is 5.11 Å². The fourth-order valence-electron chi connectivity index (χ4n) is 1.73. The summed E-state index contributed by atoms with van der Waals surface area (Å²) >= 11 is 0. The van der Waals surface area contributed by atoms with Gasteiger partial charge in [0.2, 0.25) is 10.0 Å². The molecule has 5 nitrogen and oxygen atoms in total. The van der Waals surface area contributed by atoms with Crippen molar-refractivity contribution >= 4 is 16.0 Å². The lowest BCUT2D eigenvalue weighted by Gasteiger charge is -2.14. The largest absolute Gasteiger partial charge is 0.480 e. The van der Waals surface area contributed by atoms with E-state index >= 15 is 0 Å². The summed E-state index contributed by atoms with van der Waals surface area (Å²) in [7, 11) is -3.54. The second kappa shape index (κ2) is 5.07. The standard InChI is InChI=1S/C12H15NO4S/c14-12(15)11(10-4-2-1-3-5-10)13-18(16,17)8-9-6-7-9/h1-5,9,11,13H,6-8H2,(H,14,15)/t11-/m1/s1. The minimum atomic E-state index is -3.54. The minimum absolute atomic E-state index is 0.0175. The van der Waals surface area contributed by atoms with Crippen LogP contribution in [0.3, 0.4) is 0 Å². The first-order chi connectivity index (χ1) is 8.48. The van der Waals surface area contributed by atoms with Crippen LogP contribution < -0.4 is 4.72 Å². The smallest absolute Gasteiger partial charge is 0.326 e. The quantitative estimate of drug-likeness (QED) is 0.811. The molecule has 0 aliphatic heterocycles. The molecular formula is C12H15NO4S. The summed E-state index contributed by atoms with van der Waals surface area (Å²) in [5.74, 6) is -0.989. The van der Waals surface area contributed by atoms with Gasteiger partial charge in [-0.1, -0.05) is 30.3 Å². The highest BCUT2D eigenvalue weighted by Gasteiger charge is 2.31. The first kappa shape index (κ1) is 13.0. The molecular weight excluding hydrogens is 254 g/mol. The zero-order chi connectivity index (χ0) is 13.2. The molecule has 1 aliphatic rings. The van der Waals surface area contributed by atoms with Crippen LogP contribution in [0.5, 0.6) is 0 Å². The van der Waals surface area contributed by atoms with E-state index in [1.165, 1.54) is 0 Å². The Morgan fingerprint density at radius 2 is 1.94 bits per heavy atom. The van der Waals surface area contributed by atoms with Crippen molar-refractivity contribution in [2.45, 2.75) is 18.9 Å². The van der Waals surface area contributed by atoms with Crippen molar-refractivity contribution in [3.05, 3.63) is 35.9 Å². The third-order valence-corrected chi connectivity index (χ3v) is 4.33. The Morgan fingerprint density at radius 3 is 2.44 bits per heavy atom. The number of aliphatic carboxylic acids is 1. The minimum Gasteiger partial charge on any atom is -0.480 e. The zero-order valence-electron chi connectivity index (χ0n) is 9.74. The maximum absolute atomic E-state index is 11.8. The van der Waals surface area contributed by atoms with Gasteiger partial charge in [0, 0.05) is 0 Å². The second-order valence-corrected chi connectivity index (χ2v) is 6.32. The molecule has 1 aliphatic carbocycles. The lowest BCUT2D eigenvalue weighted by atomic mass is 10.1. The van der Waals surface area contributed by atoms with Gasteiger partial charge in [0.05, 0.1) is 5.75 Å². The molecule has 0 radical (unpaired) electrons. The summed E-state index contributed by atoms with van der Waals surface area (Å²) in [5.41, 5.74) is 0.435. The number of carboxylic acid groups (broad SMARTS) is 1. The van der Waals surface area contributed by atoms with Crippen LogP contribution in [0.2, 0.25) is 0 Å².